The zero-order valence-electron chi connectivity index (χ0n) is 9.70. The Morgan fingerprint density at radius 1 is 1.28 bits per heavy atom. The predicted molar refractivity (Wildman–Crippen MR) is 62.7 cm³/mol. The molecule has 1 atom stereocenters. The van der Waals surface area contributed by atoms with Gasteiger partial charge in [-0.25, -0.2) is 4.79 Å². The van der Waals surface area contributed by atoms with Gasteiger partial charge in [-0.05, 0) is 12.0 Å². The largest absolute Gasteiger partial charge is 0.480 e. The van der Waals surface area contributed by atoms with Crippen LogP contribution in [0.25, 0.3) is 0 Å². The summed E-state index contributed by atoms with van der Waals surface area (Å²) in [5.41, 5.74) is 0.770. The van der Waals surface area contributed by atoms with Gasteiger partial charge in [0, 0.05) is 6.42 Å². The summed E-state index contributed by atoms with van der Waals surface area (Å²) in [5, 5.41) is 8.97. The number of hydrogen-bond donors (Lipinski definition) is 1. The second kappa shape index (κ2) is 5.00. The van der Waals surface area contributed by atoms with Gasteiger partial charge in [0.05, 0.1) is 6.42 Å². The molecule has 1 fully saturated rings. The molecule has 0 radical (unpaired) electrons. The number of nitrogens with zero attached hydrogens (tertiary/aromatic N) is 1. The Bertz CT molecular complexity index is 483. The van der Waals surface area contributed by atoms with Crippen molar-refractivity contribution in [1.82, 2.24) is 4.90 Å². The molecule has 0 unspecified atom stereocenters. The van der Waals surface area contributed by atoms with Crippen molar-refractivity contribution >= 4 is 17.8 Å². The highest BCUT2D eigenvalue weighted by Crippen LogP contribution is 2.20. The van der Waals surface area contributed by atoms with Crippen LogP contribution in [-0.4, -0.2) is 33.8 Å². The van der Waals surface area contributed by atoms with E-state index in [0.717, 1.165) is 10.5 Å². The van der Waals surface area contributed by atoms with Crippen LogP contribution in [0.2, 0.25) is 0 Å². The van der Waals surface area contributed by atoms with E-state index in [1.165, 1.54) is 0 Å². The lowest BCUT2D eigenvalue weighted by Gasteiger charge is -2.19. The molecule has 1 saturated heterocycles. The number of carbonyl (C=O) groups is 3. The fraction of sp³-hybridized carbons (Fsp3) is 0.308. The maximum Gasteiger partial charge on any atom is 0.326 e. The lowest BCUT2D eigenvalue weighted by atomic mass is 10.1. The minimum Gasteiger partial charge on any atom is -0.480 e. The first kappa shape index (κ1) is 12.3. The fourth-order valence-electron chi connectivity index (χ4n) is 2.09. The molecule has 1 heterocycles. The Labute approximate surface area is 104 Å². The van der Waals surface area contributed by atoms with Crippen molar-refractivity contribution in [2.24, 2.45) is 0 Å². The van der Waals surface area contributed by atoms with E-state index in [9.17, 15) is 14.4 Å². The van der Waals surface area contributed by atoms with Gasteiger partial charge >= 0.3 is 5.97 Å². The number of hydrogen-bond acceptors (Lipinski definition) is 3. The third kappa shape index (κ3) is 2.40. The standard InChI is InChI=1S/C13H13NO4/c15-11-7-6-10(13(17)18)14(11)12(16)8-9-4-2-1-3-5-9/h1-5,10H,6-8H2,(H,17,18)/t10-/m0/s1. The number of amides is 2. The van der Waals surface area contributed by atoms with E-state index >= 15 is 0 Å². The van der Waals surface area contributed by atoms with Gasteiger partial charge in [-0.15, -0.1) is 0 Å². The number of carboxylic acid groups (broad SMARTS) is 1. The fourth-order valence-corrected chi connectivity index (χ4v) is 2.09. The smallest absolute Gasteiger partial charge is 0.326 e. The molecule has 0 aromatic heterocycles. The molecule has 5 nitrogen and oxygen atoms in total. The molecule has 0 saturated carbocycles. The van der Waals surface area contributed by atoms with Crippen LogP contribution < -0.4 is 0 Å². The molecule has 2 rings (SSSR count). The first-order valence-corrected chi connectivity index (χ1v) is 5.71. The Morgan fingerprint density at radius 3 is 2.56 bits per heavy atom. The molecule has 2 amide bonds. The minimum atomic E-state index is -1.12. The highest BCUT2D eigenvalue weighted by molar-refractivity contribution is 6.02. The molecule has 0 bridgehead atoms. The van der Waals surface area contributed by atoms with Crippen LogP contribution in [0.15, 0.2) is 30.3 Å². The van der Waals surface area contributed by atoms with Crippen LogP contribution >= 0.6 is 0 Å². The normalized spacial score (nSPS) is 19.0. The molecule has 1 N–H and O–H groups in total. The lowest BCUT2D eigenvalue weighted by Crippen LogP contribution is -2.43. The van der Waals surface area contributed by atoms with Gasteiger partial charge in [0.2, 0.25) is 11.8 Å². The average molecular weight is 247 g/mol. The van der Waals surface area contributed by atoms with E-state index in [1.54, 1.807) is 24.3 Å². The van der Waals surface area contributed by atoms with Gasteiger partial charge in [0.1, 0.15) is 6.04 Å². The van der Waals surface area contributed by atoms with Crippen LogP contribution in [0.1, 0.15) is 18.4 Å². The minimum absolute atomic E-state index is 0.0519. The quantitative estimate of drug-likeness (QED) is 0.858. The van der Waals surface area contributed by atoms with Crippen LogP contribution in [-0.2, 0) is 20.8 Å². The van der Waals surface area contributed by atoms with Gasteiger partial charge in [0.15, 0.2) is 0 Å². The van der Waals surface area contributed by atoms with Gasteiger partial charge in [0.25, 0.3) is 0 Å². The summed E-state index contributed by atoms with van der Waals surface area (Å²) in [6.45, 7) is 0. The molecular formula is C13H13NO4. The van der Waals surface area contributed by atoms with Gasteiger partial charge < -0.3 is 5.11 Å². The molecule has 0 aliphatic carbocycles. The predicted octanol–water partition coefficient (Wildman–Crippen LogP) is 0.831. The van der Waals surface area contributed by atoms with Crippen molar-refractivity contribution < 1.29 is 19.5 Å². The van der Waals surface area contributed by atoms with Crippen molar-refractivity contribution in [2.75, 3.05) is 0 Å². The highest BCUT2D eigenvalue weighted by Gasteiger charge is 2.39. The lowest BCUT2D eigenvalue weighted by molar-refractivity contribution is -0.153. The Hall–Kier alpha value is -2.17. The van der Waals surface area contributed by atoms with E-state index in [0.29, 0.717) is 0 Å². The summed E-state index contributed by atoms with van der Waals surface area (Å²) < 4.78 is 0. The summed E-state index contributed by atoms with van der Waals surface area (Å²) in [5.74, 6) is -1.97. The molecular weight excluding hydrogens is 234 g/mol. The number of rotatable bonds is 3. The van der Waals surface area contributed by atoms with E-state index in [-0.39, 0.29) is 19.3 Å². The summed E-state index contributed by atoms with van der Waals surface area (Å²) in [6.07, 6.45) is 0.378. The van der Waals surface area contributed by atoms with Crippen molar-refractivity contribution in [2.45, 2.75) is 25.3 Å². The molecule has 94 valence electrons. The molecule has 5 heteroatoms. The topological polar surface area (TPSA) is 74.7 Å². The second-order valence-electron chi connectivity index (χ2n) is 4.21. The molecule has 1 aromatic carbocycles. The van der Waals surface area contributed by atoms with Gasteiger partial charge in [-0.3, -0.25) is 14.5 Å². The van der Waals surface area contributed by atoms with Crippen LogP contribution in [0, 0.1) is 0 Å². The summed E-state index contributed by atoms with van der Waals surface area (Å²) in [4.78, 5) is 35.4. The molecule has 0 spiro atoms. The second-order valence-corrected chi connectivity index (χ2v) is 4.21. The number of carboxylic acids is 1. The zero-order chi connectivity index (χ0) is 13.1. The third-order valence-electron chi connectivity index (χ3n) is 2.96. The molecule has 1 aromatic rings. The summed E-state index contributed by atoms with van der Waals surface area (Å²) >= 11 is 0. The van der Waals surface area contributed by atoms with E-state index in [4.69, 9.17) is 5.11 Å². The average Bonchev–Trinajstić information content (AvgIpc) is 2.72. The van der Waals surface area contributed by atoms with Crippen molar-refractivity contribution in [1.29, 1.82) is 0 Å². The number of aliphatic carboxylic acids is 1. The maximum absolute atomic E-state index is 12.0. The van der Waals surface area contributed by atoms with Crippen molar-refractivity contribution in [3.8, 4) is 0 Å². The number of benzene rings is 1. The highest BCUT2D eigenvalue weighted by atomic mass is 16.4. The van der Waals surface area contributed by atoms with E-state index in [2.05, 4.69) is 0 Å². The summed E-state index contributed by atoms with van der Waals surface area (Å²) in [6, 6.07) is 7.96. The van der Waals surface area contributed by atoms with Crippen LogP contribution in [0.4, 0.5) is 0 Å². The van der Waals surface area contributed by atoms with Gasteiger partial charge in [-0.1, -0.05) is 30.3 Å². The monoisotopic (exact) mass is 247 g/mol. The summed E-state index contributed by atoms with van der Waals surface area (Å²) in [7, 11) is 0. The van der Waals surface area contributed by atoms with Crippen LogP contribution in [0.5, 0.6) is 0 Å². The van der Waals surface area contributed by atoms with E-state index < -0.39 is 23.8 Å². The molecule has 1 aliphatic rings. The zero-order valence-corrected chi connectivity index (χ0v) is 9.70. The molecule has 18 heavy (non-hydrogen) atoms. The number of carbonyl (C=O) groups excluding carboxylic acids is 2. The first-order valence-electron chi connectivity index (χ1n) is 5.71. The Balaban J connectivity index is 2.12. The first-order chi connectivity index (χ1) is 8.59. The number of imide groups is 1. The Kier molecular flexibility index (Phi) is 3.41. The van der Waals surface area contributed by atoms with Crippen molar-refractivity contribution in [3.05, 3.63) is 35.9 Å². The SMILES string of the molecule is O=C(O)[C@@H]1CCC(=O)N1C(=O)Cc1ccccc1. The molecule has 1 aliphatic heterocycles. The van der Waals surface area contributed by atoms with Crippen molar-refractivity contribution in [3.63, 3.8) is 0 Å². The number of likely N-dealkylation sites (tertiary alicyclic amines) is 1. The van der Waals surface area contributed by atoms with E-state index in [1.807, 2.05) is 6.07 Å². The third-order valence-corrected chi connectivity index (χ3v) is 2.96. The van der Waals surface area contributed by atoms with Crippen LogP contribution in [0.3, 0.4) is 0 Å². The Morgan fingerprint density at radius 2 is 1.94 bits per heavy atom. The maximum atomic E-state index is 12.0. The van der Waals surface area contributed by atoms with Gasteiger partial charge in [-0.2, -0.15) is 0 Å².